The van der Waals surface area contributed by atoms with Crippen LogP contribution in [0.15, 0.2) is 24.3 Å². The molecule has 0 saturated carbocycles. The fourth-order valence-electron chi connectivity index (χ4n) is 1.14. The number of halogens is 1. The Balaban J connectivity index is 0.00000225. The summed E-state index contributed by atoms with van der Waals surface area (Å²) in [5.41, 5.74) is 6.41. The Morgan fingerprint density at radius 2 is 2.25 bits per heavy atom. The molecule has 0 aromatic heterocycles. The molecular weight excluding hydrogens is 288 g/mol. The summed E-state index contributed by atoms with van der Waals surface area (Å²) in [6, 6.07) is 7.98. The lowest BCUT2D eigenvalue weighted by Gasteiger charge is -2.06. The van der Waals surface area contributed by atoms with Gasteiger partial charge in [0.2, 0.25) is 0 Å². The molecule has 0 aliphatic carbocycles. The number of nitrogens with one attached hydrogen (secondary N) is 1. The van der Waals surface area contributed by atoms with Gasteiger partial charge in [-0.15, -0.1) is 17.0 Å². The van der Waals surface area contributed by atoms with Crippen LogP contribution >= 0.6 is 28.7 Å². The second-order valence-corrected chi connectivity index (χ2v) is 4.37. The van der Waals surface area contributed by atoms with Gasteiger partial charge in [-0.1, -0.05) is 23.9 Å². The fourth-order valence-corrected chi connectivity index (χ4v) is 1.62. The van der Waals surface area contributed by atoms with E-state index in [1.807, 2.05) is 31.2 Å². The zero-order valence-electron chi connectivity index (χ0n) is 9.23. The molecule has 0 spiro atoms. The van der Waals surface area contributed by atoms with Crippen molar-refractivity contribution in [1.29, 1.82) is 5.41 Å². The summed E-state index contributed by atoms with van der Waals surface area (Å²) in [4.78, 5) is 0. The van der Waals surface area contributed by atoms with Crippen molar-refractivity contribution < 1.29 is 4.74 Å². The molecule has 0 amide bonds. The van der Waals surface area contributed by atoms with Crippen LogP contribution in [-0.2, 0) is 0 Å². The van der Waals surface area contributed by atoms with E-state index < -0.39 is 0 Å². The molecule has 0 atom stereocenters. The molecular formula is C11H17BrN2OS. The first kappa shape index (κ1) is 15.3. The fraction of sp³-hybridized carbons (Fsp3) is 0.364. The van der Waals surface area contributed by atoms with Gasteiger partial charge in [0.15, 0.2) is 5.17 Å². The SMILES string of the molecule is Br.Cc1cccc(OCCCSC(=N)N)c1. The van der Waals surface area contributed by atoms with E-state index in [1.54, 1.807) is 0 Å². The number of amidine groups is 1. The average molecular weight is 305 g/mol. The van der Waals surface area contributed by atoms with Gasteiger partial charge in [0.1, 0.15) is 5.75 Å². The molecule has 0 fully saturated rings. The van der Waals surface area contributed by atoms with Crippen LogP contribution in [0, 0.1) is 12.3 Å². The third-order valence-corrected chi connectivity index (χ3v) is 2.61. The zero-order chi connectivity index (χ0) is 11.1. The van der Waals surface area contributed by atoms with E-state index >= 15 is 0 Å². The summed E-state index contributed by atoms with van der Waals surface area (Å²) in [7, 11) is 0. The molecule has 0 bridgehead atoms. The van der Waals surface area contributed by atoms with Crippen molar-refractivity contribution in [2.75, 3.05) is 12.4 Å². The minimum absolute atomic E-state index is 0. The van der Waals surface area contributed by atoms with Gasteiger partial charge in [-0.25, -0.2) is 0 Å². The van der Waals surface area contributed by atoms with E-state index in [-0.39, 0.29) is 22.1 Å². The maximum atomic E-state index is 7.02. The Morgan fingerprint density at radius 1 is 1.50 bits per heavy atom. The Morgan fingerprint density at radius 3 is 2.88 bits per heavy atom. The highest BCUT2D eigenvalue weighted by Crippen LogP contribution is 2.12. The van der Waals surface area contributed by atoms with Gasteiger partial charge in [-0.05, 0) is 31.0 Å². The molecule has 5 heteroatoms. The second-order valence-electron chi connectivity index (χ2n) is 3.23. The molecule has 0 heterocycles. The number of ether oxygens (including phenoxy) is 1. The molecule has 1 aromatic carbocycles. The maximum absolute atomic E-state index is 7.02. The van der Waals surface area contributed by atoms with Gasteiger partial charge in [0, 0.05) is 5.75 Å². The van der Waals surface area contributed by atoms with E-state index in [9.17, 15) is 0 Å². The maximum Gasteiger partial charge on any atom is 0.151 e. The van der Waals surface area contributed by atoms with Crippen LogP contribution in [0.25, 0.3) is 0 Å². The summed E-state index contributed by atoms with van der Waals surface area (Å²) >= 11 is 1.35. The number of hydrogen-bond acceptors (Lipinski definition) is 3. The first-order chi connectivity index (χ1) is 7.18. The molecule has 1 aromatic rings. The van der Waals surface area contributed by atoms with Crippen molar-refractivity contribution in [1.82, 2.24) is 0 Å². The Bertz CT molecular complexity index is 334. The van der Waals surface area contributed by atoms with Crippen molar-refractivity contribution >= 4 is 33.9 Å². The Labute approximate surface area is 111 Å². The van der Waals surface area contributed by atoms with E-state index in [0.29, 0.717) is 6.61 Å². The molecule has 3 nitrogen and oxygen atoms in total. The molecule has 0 unspecified atom stereocenters. The van der Waals surface area contributed by atoms with Crippen LogP contribution < -0.4 is 10.5 Å². The van der Waals surface area contributed by atoms with Crippen LogP contribution in [0.3, 0.4) is 0 Å². The monoisotopic (exact) mass is 304 g/mol. The molecule has 0 aliphatic rings. The van der Waals surface area contributed by atoms with Crippen LogP contribution in [0.5, 0.6) is 5.75 Å². The number of hydrogen-bond donors (Lipinski definition) is 2. The lowest BCUT2D eigenvalue weighted by atomic mass is 10.2. The Hall–Kier alpha value is -0.680. The van der Waals surface area contributed by atoms with Gasteiger partial charge < -0.3 is 10.5 Å². The van der Waals surface area contributed by atoms with Gasteiger partial charge >= 0.3 is 0 Å². The highest BCUT2D eigenvalue weighted by Gasteiger charge is 1.95. The molecule has 3 N–H and O–H groups in total. The number of benzene rings is 1. The summed E-state index contributed by atoms with van der Waals surface area (Å²) in [6.45, 7) is 2.71. The Kier molecular flexibility index (Phi) is 8.11. The smallest absolute Gasteiger partial charge is 0.151 e. The standard InChI is InChI=1S/C11H16N2OS.BrH/c1-9-4-2-5-10(8-9)14-6-3-7-15-11(12)13;/h2,4-5,8H,3,6-7H2,1H3,(H3,12,13);1H. The van der Waals surface area contributed by atoms with Crippen molar-refractivity contribution in [2.45, 2.75) is 13.3 Å². The molecule has 0 radical (unpaired) electrons. The number of rotatable bonds is 5. The van der Waals surface area contributed by atoms with Crippen LogP contribution in [0.2, 0.25) is 0 Å². The number of aryl methyl sites for hydroxylation is 1. The predicted molar refractivity (Wildman–Crippen MR) is 76.0 cm³/mol. The topological polar surface area (TPSA) is 59.1 Å². The quantitative estimate of drug-likeness (QED) is 0.499. The minimum Gasteiger partial charge on any atom is -0.494 e. The molecule has 1 rings (SSSR count). The third-order valence-electron chi connectivity index (χ3n) is 1.80. The lowest BCUT2D eigenvalue weighted by molar-refractivity contribution is 0.318. The largest absolute Gasteiger partial charge is 0.494 e. The molecule has 0 aliphatic heterocycles. The van der Waals surface area contributed by atoms with Crippen LogP contribution in [0.4, 0.5) is 0 Å². The van der Waals surface area contributed by atoms with E-state index in [0.717, 1.165) is 17.9 Å². The highest BCUT2D eigenvalue weighted by atomic mass is 79.9. The first-order valence-electron chi connectivity index (χ1n) is 4.85. The number of nitrogens with two attached hydrogens (primary N) is 1. The van der Waals surface area contributed by atoms with E-state index in [4.69, 9.17) is 15.9 Å². The number of thioether (sulfide) groups is 1. The summed E-state index contributed by atoms with van der Waals surface area (Å²) in [5, 5.41) is 7.19. The summed E-state index contributed by atoms with van der Waals surface area (Å²) in [5.74, 6) is 1.74. The zero-order valence-corrected chi connectivity index (χ0v) is 11.8. The minimum atomic E-state index is 0. The van der Waals surface area contributed by atoms with Gasteiger partial charge in [0.05, 0.1) is 6.61 Å². The first-order valence-corrected chi connectivity index (χ1v) is 5.83. The lowest BCUT2D eigenvalue weighted by Crippen LogP contribution is -2.06. The summed E-state index contributed by atoms with van der Waals surface area (Å²) in [6.07, 6.45) is 0.901. The molecule has 16 heavy (non-hydrogen) atoms. The highest BCUT2D eigenvalue weighted by molar-refractivity contribution is 8.93. The van der Waals surface area contributed by atoms with E-state index in [1.165, 1.54) is 17.3 Å². The van der Waals surface area contributed by atoms with Gasteiger partial charge in [0.25, 0.3) is 0 Å². The van der Waals surface area contributed by atoms with Crippen molar-refractivity contribution in [3.8, 4) is 5.75 Å². The van der Waals surface area contributed by atoms with Crippen LogP contribution in [-0.4, -0.2) is 17.5 Å². The second kappa shape index (κ2) is 8.47. The van der Waals surface area contributed by atoms with Gasteiger partial charge in [-0.3, -0.25) is 5.41 Å². The molecule has 90 valence electrons. The molecule has 0 saturated heterocycles. The average Bonchev–Trinajstić information content (AvgIpc) is 2.17. The van der Waals surface area contributed by atoms with Crippen molar-refractivity contribution in [2.24, 2.45) is 5.73 Å². The van der Waals surface area contributed by atoms with Crippen LogP contribution in [0.1, 0.15) is 12.0 Å². The van der Waals surface area contributed by atoms with Crippen molar-refractivity contribution in [3.05, 3.63) is 29.8 Å². The third kappa shape index (κ3) is 6.74. The van der Waals surface area contributed by atoms with Gasteiger partial charge in [-0.2, -0.15) is 0 Å². The van der Waals surface area contributed by atoms with E-state index in [2.05, 4.69) is 0 Å². The predicted octanol–water partition coefficient (Wildman–Crippen LogP) is 2.97. The normalized spacial score (nSPS) is 9.31. The summed E-state index contributed by atoms with van der Waals surface area (Å²) < 4.78 is 5.54. The van der Waals surface area contributed by atoms with Crippen molar-refractivity contribution in [3.63, 3.8) is 0 Å².